The minimum atomic E-state index is -0.780. The van der Waals surface area contributed by atoms with E-state index in [1.165, 1.54) is 31.5 Å². The molecule has 0 aliphatic heterocycles. The number of aromatic nitrogens is 1. The van der Waals surface area contributed by atoms with Gasteiger partial charge in [-0.05, 0) is 18.2 Å². The highest BCUT2D eigenvalue weighted by Crippen LogP contribution is 2.29. The molecule has 1 N–H and O–H groups in total. The second-order valence-electron chi connectivity index (χ2n) is 3.95. The topological polar surface area (TPSA) is 94.4 Å². The lowest BCUT2D eigenvalue weighted by molar-refractivity contribution is -0.385. The summed E-state index contributed by atoms with van der Waals surface area (Å²) in [5.74, 6) is -1.44. The number of methoxy groups -OCH3 is 1. The number of halogens is 1. The molecule has 0 aliphatic rings. The maximum Gasteiger partial charge on any atom is 0.312 e. The average molecular weight is 291 g/mol. The van der Waals surface area contributed by atoms with E-state index in [4.69, 9.17) is 4.74 Å². The Kier molecular flexibility index (Phi) is 4.07. The van der Waals surface area contributed by atoms with Crippen molar-refractivity contribution >= 4 is 17.3 Å². The van der Waals surface area contributed by atoms with Crippen molar-refractivity contribution in [2.75, 3.05) is 12.4 Å². The van der Waals surface area contributed by atoms with Crippen LogP contribution in [0, 0.1) is 15.9 Å². The first-order chi connectivity index (χ1) is 10.0. The Bertz CT molecular complexity index is 706. The third kappa shape index (κ3) is 3.11. The largest absolute Gasteiger partial charge is 0.490 e. The van der Waals surface area contributed by atoms with E-state index in [1.807, 2.05) is 0 Å². The summed E-state index contributed by atoms with van der Waals surface area (Å²) in [6, 6.07) is 5.11. The van der Waals surface area contributed by atoms with Gasteiger partial charge in [-0.15, -0.1) is 0 Å². The van der Waals surface area contributed by atoms with Crippen LogP contribution in [0.15, 0.2) is 36.7 Å². The number of nitro groups is 1. The maximum atomic E-state index is 13.4. The van der Waals surface area contributed by atoms with Gasteiger partial charge in [0.15, 0.2) is 11.6 Å². The number of pyridine rings is 1. The molecule has 0 fully saturated rings. The zero-order valence-corrected chi connectivity index (χ0v) is 10.9. The summed E-state index contributed by atoms with van der Waals surface area (Å²) in [5, 5.41) is 13.3. The summed E-state index contributed by atoms with van der Waals surface area (Å²) in [5.41, 5.74) is -0.349. The molecule has 108 valence electrons. The lowest BCUT2D eigenvalue weighted by Crippen LogP contribution is -2.14. The average Bonchev–Trinajstić information content (AvgIpc) is 2.47. The van der Waals surface area contributed by atoms with Crippen molar-refractivity contribution in [3.8, 4) is 5.75 Å². The number of carbonyl (C=O) groups excluding carboxylic acids is 1. The molecular formula is C13H10FN3O4. The number of nitrogens with one attached hydrogen (secondary N) is 1. The van der Waals surface area contributed by atoms with Crippen molar-refractivity contribution in [1.29, 1.82) is 0 Å². The standard InChI is InChI=1S/C13H10FN3O4/c1-21-12-3-2-8(6-11(12)17(19)20)16-13(18)9-4-5-15-7-10(9)14/h2-7H,1H3,(H,16,18). The number of hydrogen-bond acceptors (Lipinski definition) is 5. The fourth-order valence-corrected chi connectivity index (χ4v) is 1.67. The second kappa shape index (κ2) is 5.95. The van der Waals surface area contributed by atoms with E-state index >= 15 is 0 Å². The molecule has 0 aliphatic carbocycles. The van der Waals surface area contributed by atoms with E-state index in [-0.39, 0.29) is 22.7 Å². The maximum absolute atomic E-state index is 13.4. The summed E-state index contributed by atoms with van der Waals surface area (Å²) in [6.07, 6.45) is 2.18. The van der Waals surface area contributed by atoms with Crippen LogP contribution in [-0.2, 0) is 0 Å². The summed E-state index contributed by atoms with van der Waals surface area (Å²) in [6.45, 7) is 0. The Morgan fingerprint density at radius 3 is 2.81 bits per heavy atom. The third-order valence-corrected chi connectivity index (χ3v) is 2.65. The molecule has 0 radical (unpaired) electrons. The zero-order valence-electron chi connectivity index (χ0n) is 10.9. The van der Waals surface area contributed by atoms with Gasteiger partial charge >= 0.3 is 5.69 Å². The third-order valence-electron chi connectivity index (χ3n) is 2.65. The van der Waals surface area contributed by atoms with Gasteiger partial charge < -0.3 is 10.1 Å². The second-order valence-corrected chi connectivity index (χ2v) is 3.95. The van der Waals surface area contributed by atoms with E-state index < -0.39 is 16.6 Å². The molecule has 1 heterocycles. The van der Waals surface area contributed by atoms with E-state index in [1.54, 1.807) is 0 Å². The first-order valence-electron chi connectivity index (χ1n) is 5.76. The summed E-state index contributed by atoms with van der Waals surface area (Å²) < 4.78 is 18.3. The Morgan fingerprint density at radius 2 is 2.19 bits per heavy atom. The van der Waals surface area contributed by atoms with Gasteiger partial charge in [0, 0.05) is 18.0 Å². The molecule has 0 atom stereocenters. The minimum absolute atomic E-state index is 0.0630. The Balaban J connectivity index is 2.28. The van der Waals surface area contributed by atoms with Gasteiger partial charge in [0.25, 0.3) is 5.91 Å². The molecule has 0 spiro atoms. The van der Waals surface area contributed by atoms with Crippen LogP contribution in [0.3, 0.4) is 0 Å². The molecule has 21 heavy (non-hydrogen) atoms. The van der Waals surface area contributed by atoms with Crippen LogP contribution in [0.2, 0.25) is 0 Å². The van der Waals surface area contributed by atoms with Crippen LogP contribution in [-0.4, -0.2) is 22.9 Å². The molecule has 1 amide bonds. The molecule has 0 bridgehead atoms. The van der Waals surface area contributed by atoms with Crippen LogP contribution < -0.4 is 10.1 Å². The summed E-state index contributed by atoms with van der Waals surface area (Å²) in [4.78, 5) is 25.7. The van der Waals surface area contributed by atoms with Gasteiger partial charge in [0.1, 0.15) is 0 Å². The predicted molar refractivity (Wildman–Crippen MR) is 71.8 cm³/mol. The van der Waals surface area contributed by atoms with Gasteiger partial charge in [-0.1, -0.05) is 0 Å². The molecule has 0 saturated carbocycles. The van der Waals surface area contributed by atoms with Gasteiger partial charge in [-0.25, -0.2) is 4.39 Å². The van der Waals surface area contributed by atoms with Crippen LogP contribution >= 0.6 is 0 Å². The normalized spacial score (nSPS) is 10.0. The molecule has 1 aromatic heterocycles. The molecule has 2 rings (SSSR count). The van der Waals surface area contributed by atoms with Crippen molar-refractivity contribution in [2.24, 2.45) is 0 Å². The van der Waals surface area contributed by atoms with Gasteiger partial charge in [0.2, 0.25) is 0 Å². The number of anilines is 1. The molecule has 1 aromatic carbocycles. The van der Waals surface area contributed by atoms with Crippen LogP contribution in [0.4, 0.5) is 15.8 Å². The van der Waals surface area contributed by atoms with E-state index in [9.17, 15) is 19.3 Å². The predicted octanol–water partition coefficient (Wildman–Crippen LogP) is 2.39. The van der Waals surface area contributed by atoms with Crippen molar-refractivity contribution in [3.05, 3.63) is 58.2 Å². The number of nitro benzene ring substituents is 1. The highest BCUT2D eigenvalue weighted by atomic mass is 19.1. The molecule has 0 unspecified atom stereocenters. The number of hydrogen-bond donors (Lipinski definition) is 1. The summed E-state index contributed by atoms with van der Waals surface area (Å²) in [7, 11) is 1.30. The fourth-order valence-electron chi connectivity index (χ4n) is 1.67. The molecule has 0 saturated heterocycles. The van der Waals surface area contributed by atoms with Crippen LogP contribution in [0.5, 0.6) is 5.75 Å². The monoisotopic (exact) mass is 291 g/mol. The van der Waals surface area contributed by atoms with Crippen LogP contribution in [0.25, 0.3) is 0 Å². The van der Waals surface area contributed by atoms with E-state index in [0.29, 0.717) is 0 Å². The first-order valence-corrected chi connectivity index (χ1v) is 5.76. The SMILES string of the molecule is COc1ccc(NC(=O)c2ccncc2F)cc1[N+](=O)[O-]. The fraction of sp³-hybridized carbons (Fsp3) is 0.0769. The molecule has 8 heteroatoms. The molecular weight excluding hydrogens is 281 g/mol. The van der Waals surface area contributed by atoms with E-state index in [0.717, 1.165) is 12.3 Å². The number of rotatable bonds is 4. The Labute approximate surface area is 118 Å². The van der Waals surface area contributed by atoms with Gasteiger partial charge in [-0.2, -0.15) is 0 Å². The highest BCUT2D eigenvalue weighted by molar-refractivity contribution is 6.04. The lowest BCUT2D eigenvalue weighted by Gasteiger charge is -2.07. The van der Waals surface area contributed by atoms with Crippen molar-refractivity contribution in [2.45, 2.75) is 0 Å². The van der Waals surface area contributed by atoms with Gasteiger partial charge in [-0.3, -0.25) is 19.9 Å². The summed E-state index contributed by atoms with van der Waals surface area (Å²) >= 11 is 0. The van der Waals surface area contributed by atoms with Gasteiger partial charge in [0.05, 0.1) is 23.8 Å². The number of benzene rings is 1. The van der Waals surface area contributed by atoms with Crippen molar-refractivity contribution < 1.29 is 18.8 Å². The number of amides is 1. The smallest absolute Gasteiger partial charge is 0.312 e. The molecule has 7 nitrogen and oxygen atoms in total. The number of carbonyl (C=O) groups is 1. The van der Waals surface area contributed by atoms with E-state index in [2.05, 4.69) is 10.3 Å². The Hall–Kier alpha value is -3.03. The highest BCUT2D eigenvalue weighted by Gasteiger charge is 2.17. The molecule has 2 aromatic rings. The van der Waals surface area contributed by atoms with Crippen molar-refractivity contribution in [3.63, 3.8) is 0 Å². The minimum Gasteiger partial charge on any atom is -0.490 e. The van der Waals surface area contributed by atoms with Crippen molar-refractivity contribution in [1.82, 2.24) is 4.98 Å². The first kappa shape index (κ1) is 14.4. The lowest BCUT2D eigenvalue weighted by atomic mass is 10.2. The van der Waals surface area contributed by atoms with Crippen LogP contribution in [0.1, 0.15) is 10.4 Å². The zero-order chi connectivity index (χ0) is 15.4. The Morgan fingerprint density at radius 1 is 1.43 bits per heavy atom. The quantitative estimate of drug-likeness (QED) is 0.689. The number of nitrogens with zero attached hydrogens (tertiary/aromatic N) is 2. The number of ether oxygens (including phenoxy) is 1.